The van der Waals surface area contributed by atoms with Crippen molar-refractivity contribution in [2.24, 2.45) is 0 Å². The molecule has 0 saturated carbocycles. The van der Waals surface area contributed by atoms with E-state index in [1.165, 1.54) is 18.3 Å². The molecule has 2 rings (SSSR count). The number of nitrogen functional groups attached to an aromatic ring is 1. The van der Waals surface area contributed by atoms with Crippen LogP contribution in [-0.4, -0.2) is 4.98 Å². The molecule has 0 aliphatic carbocycles. The molecule has 7 heteroatoms. The largest absolute Gasteiger partial charge is 0.416 e. The first-order valence-electron chi connectivity index (χ1n) is 5.21. The molecule has 0 spiro atoms. The van der Waals surface area contributed by atoms with E-state index in [1.807, 2.05) is 0 Å². The third-order valence-electron chi connectivity index (χ3n) is 2.29. The van der Waals surface area contributed by atoms with Gasteiger partial charge >= 0.3 is 6.18 Å². The zero-order chi connectivity index (χ0) is 14.0. The summed E-state index contributed by atoms with van der Waals surface area (Å²) in [7, 11) is 0. The first-order valence-corrected chi connectivity index (χ1v) is 5.59. The van der Waals surface area contributed by atoms with E-state index in [-0.39, 0.29) is 16.5 Å². The molecule has 0 bridgehead atoms. The SMILES string of the molecule is Nc1cc(Nc2cc(Cl)cc(C(F)(F)F)c2)ccn1. The Morgan fingerprint density at radius 2 is 1.84 bits per heavy atom. The zero-order valence-corrected chi connectivity index (χ0v) is 10.3. The standard InChI is InChI=1S/C12H9ClF3N3/c13-8-3-7(12(14,15)16)4-10(5-8)19-9-1-2-18-11(17)6-9/h1-6H,(H3,17,18,19). The third-order valence-corrected chi connectivity index (χ3v) is 2.51. The van der Waals surface area contributed by atoms with Gasteiger partial charge in [-0.3, -0.25) is 0 Å². The average molecular weight is 288 g/mol. The van der Waals surface area contributed by atoms with Crippen molar-refractivity contribution in [3.8, 4) is 0 Å². The summed E-state index contributed by atoms with van der Waals surface area (Å²) in [6, 6.07) is 6.34. The maximum absolute atomic E-state index is 12.6. The van der Waals surface area contributed by atoms with Crippen molar-refractivity contribution in [1.29, 1.82) is 0 Å². The molecule has 100 valence electrons. The molecule has 1 aromatic heterocycles. The van der Waals surface area contributed by atoms with Gasteiger partial charge in [-0.25, -0.2) is 4.98 Å². The van der Waals surface area contributed by atoms with Crippen LogP contribution in [0.25, 0.3) is 0 Å². The molecule has 3 nitrogen and oxygen atoms in total. The summed E-state index contributed by atoms with van der Waals surface area (Å²) in [5.74, 6) is 0.267. The third kappa shape index (κ3) is 3.51. The summed E-state index contributed by atoms with van der Waals surface area (Å²) in [4.78, 5) is 3.79. The van der Waals surface area contributed by atoms with Gasteiger partial charge in [0.2, 0.25) is 0 Å². The lowest BCUT2D eigenvalue weighted by atomic mass is 10.2. The molecule has 1 heterocycles. The van der Waals surface area contributed by atoms with E-state index in [0.717, 1.165) is 12.1 Å². The summed E-state index contributed by atoms with van der Waals surface area (Å²) in [6.45, 7) is 0. The molecule has 2 aromatic rings. The van der Waals surface area contributed by atoms with Gasteiger partial charge in [-0.2, -0.15) is 13.2 Å². The fraction of sp³-hybridized carbons (Fsp3) is 0.0833. The monoisotopic (exact) mass is 287 g/mol. The number of aromatic nitrogens is 1. The summed E-state index contributed by atoms with van der Waals surface area (Å²) >= 11 is 5.68. The van der Waals surface area contributed by atoms with Crippen molar-refractivity contribution >= 4 is 28.8 Å². The van der Waals surface area contributed by atoms with Crippen LogP contribution in [0.2, 0.25) is 5.02 Å². The molecule has 0 amide bonds. The highest BCUT2D eigenvalue weighted by Crippen LogP contribution is 2.34. The molecular formula is C12H9ClF3N3. The number of rotatable bonds is 2. The molecule has 0 radical (unpaired) electrons. The molecule has 0 unspecified atom stereocenters. The highest BCUT2D eigenvalue weighted by Gasteiger charge is 2.31. The van der Waals surface area contributed by atoms with Gasteiger partial charge in [-0.15, -0.1) is 0 Å². The quantitative estimate of drug-likeness (QED) is 0.875. The maximum Gasteiger partial charge on any atom is 0.416 e. The molecule has 19 heavy (non-hydrogen) atoms. The second-order valence-electron chi connectivity index (χ2n) is 3.82. The Morgan fingerprint density at radius 1 is 1.11 bits per heavy atom. The van der Waals surface area contributed by atoms with E-state index < -0.39 is 11.7 Å². The summed E-state index contributed by atoms with van der Waals surface area (Å²) in [5, 5.41) is 2.79. The number of pyridine rings is 1. The first kappa shape index (κ1) is 13.5. The smallest absolute Gasteiger partial charge is 0.384 e. The number of hydrogen-bond acceptors (Lipinski definition) is 3. The number of anilines is 3. The molecule has 0 saturated heterocycles. The van der Waals surface area contributed by atoms with E-state index in [4.69, 9.17) is 17.3 Å². The van der Waals surface area contributed by atoms with Crippen LogP contribution in [0.5, 0.6) is 0 Å². The fourth-order valence-corrected chi connectivity index (χ4v) is 1.75. The van der Waals surface area contributed by atoms with Crippen LogP contribution in [0.15, 0.2) is 36.5 Å². The molecular weight excluding hydrogens is 279 g/mol. The molecule has 0 aliphatic rings. The van der Waals surface area contributed by atoms with Crippen molar-refractivity contribution in [3.05, 3.63) is 47.1 Å². The number of nitrogens with one attached hydrogen (secondary N) is 1. The van der Waals surface area contributed by atoms with Gasteiger partial charge < -0.3 is 11.1 Å². The van der Waals surface area contributed by atoms with Crippen LogP contribution in [-0.2, 0) is 6.18 Å². The van der Waals surface area contributed by atoms with E-state index in [1.54, 1.807) is 6.07 Å². The van der Waals surface area contributed by atoms with Gasteiger partial charge in [0, 0.05) is 28.7 Å². The lowest BCUT2D eigenvalue weighted by molar-refractivity contribution is -0.137. The van der Waals surface area contributed by atoms with Gasteiger partial charge in [0.25, 0.3) is 0 Å². The van der Waals surface area contributed by atoms with E-state index in [0.29, 0.717) is 5.69 Å². The number of nitrogens with zero attached hydrogens (tertiary/aromatic N) is 1. The molecule has 0 atom stereocenters. The van der Waals surface area contributed by atoms with Crippen LogP contribution in [0.4, 0.5) is 30.4 Å². The number of benzene rings is 1. The minimum Gasteiger partial charge on any atom is -0.384 e. The van der Waals surface area contributed by atoms with Gasteiger partial charge in [-0.1, -0.05) is 11.6 Å². The highest BCUT2D eigenvalue weighted by atomic mass is 35.5. The van der Waals surface area contributed by atoms with Gasteiger partial charge in [0.05, 0.1) is 5.56 Å². The first-order chi connectivity index (χ1) is 8.84. The Bertz CT molecular complexity index is 599. The molecule has 3 N–H and O–H groups in total. The Hall–Kier alpha value is -1.95. The van der Waals surface area contributed by atoms with Crippen molar-refractivity contribution < 1.29 is 13.2 Å². The second kappa shape index (κ2) is 4.97. The molecule has 0 aliphatic heterocycles. The predicted molar refractivity (Wildman–Crippen MR) is 68.4 cm³/mol. The van der Waals surface area contributed by atoms with Crippen LogP contribution >= 0.6 is 11.6 Å². The van der Waals surface area contributed by atoms with E-state index in [2.05, 4.69) is 10.3 Å². The lowest BCUT2D eigenvalue weighted by Crippen LogP contribution is -2.05. The van der Waals surface area contributed by atoms with Crippen molar-refractivity contribution in [1.82, 2.24) is 4.98 Å². The minimum atomic E-state index is -4.45. The molecule has 1 aromatic carbocycles. The Labute approximate surface area is 112 Å². The van der Waals surface area contributed by atoms with Crippen molar-refractivity contribution in [2.75, 3.05) is 11.1 Å². The fourth-order valence-electron chi connectivity index (χ4n) is 1.52. The number of hydrogen-bond donors (Lipinski definition) is 2. The van der Waals surface area contributed by atoms with Crippen molar-refractivity contribution in [3.63, 3.8) is 0 Å². The zero-order valence-electron chi connectivity index (χ0n) is 9.50. The predicted octanol–water partition coefficient (Wildman–Crippen LogP) is 4.08. The van der Waals surface area contributed by atoms with Crippen molar-refractivity contribution in [2.45, 2.75) is 6.18 Å². The number of halogens is 4. The average Bonchev–Trinajstić information content (AvgIpc) is 2.26. The summed E-state index contributed by atoms with van der Waals surface area (Å²) in [5.41, 5.74) is 5.43. The number of nitrogens with two attached hydrogens (primary N) is 1. The summed E-state index contributed by atoms with van der Waals surface area (Å²) in [6.07, 6.45) is -2.99. The maximum atomic E-state index is 12.6. The van der Waals surface area contributed by atoms with Gasteiger partial charge in [0.1, 0.15) is 5.82 Å². The second-order valence-corrected chi connectivity index (χ2v) is 4.26. The van der Waals surface area contributed by atoms with E-state index >= 15 is 0 Å². The molecule has 0 fully saturated rings. The van der Waals surface area contributed by atoms with Crippen LogP contribution in [0, 0.1) is 0 Å². The van der Waals surface area contributed by atoms with Crippen LogP contribution < -0.4 is 11.1 Å². The van der Waals surface area contributed by atoms with E-state index in [9.17, 15) is 13.2 Å². The van der Waals surface area contributed by atoms with Gasteiger partial charge in [0.15, 0.2) is 0 Å². The Morgan fingerprint density at radius 3 is 2.47 bits per heavy atom. The normalized spacial score (nSPS) is 11.4. The highest BCUT2D eigenvalue weighted by molar-refractivity contribution is 6.31. The van der Waals surface area contributed by atoms with Gasteiger partial charge in [-0.05, 0) is 24.3 Å². The Kier molecular flexibility index (Phi) is 3.53. The number of alkyl halides is 3. The minimum absolute atomic E-state index is 0.000599. The van der Waals surface area contributed by atoms with Crippen LogP contribution in [0.1, 0.15) is 5.56 Å². The van der Waals surface area contributed by atoms with Crippen LogP contribution in [0.3, 0.4) is 0 Å². The summed E-state index contributed by atoms with van der Waals surface area (Å²) < 4.78 is 37.9. The lowest BCUT2D eigenvalue weighted by Gasteiger charge is -2.11. The topological polar surface area (TPSA) is 50.9 Å². The Balaban J connectivity index is 2.33.